The highest BCUT2D eigenvalue weighted by atomic mass is 16.7. The van der Waals surface area contributed by atoms with E-state index in [1.165, 1.54) is 14.2 Å². The molecular weight excluding hydrogens is 434 g/mol. The summed E-state index contributed by atoms with van der Waals surface area (Å²) < 4.78 is 26.8. The van der Waals surface area contributed by atoms with Gasteiger partial charge in [0.25, 0.3) is 0 Å². The maximum absolute atomic E-state index is 12.8. The average molecular weight is 459 g/mol. The van der Waals surface area contributed by atoms with Gasteiger partial charge in [-0.2, -0.15) is 0 Å². The zero-order valence-electron chi connectivity index (χ0n) is 18.1. The van der Waals surface area contributed by atoms with E-state index in [-0.39, 0.29) is 18.8 Å². The van der Waals surface area contributed by atoms with Crippen LogP contribution in [0.4, 0.5) is 4.79 Å². The fourth-order valence-electron chi connectivity index (χ4n) is 4.24. The van der Waals surface area contributed by atoms with Crippen molar-refractivity contribution in [3.05, 3.63) is 53.6 Å². The third-order valence-corrected chi connectivity index (χ3v) is 5.82. The van der Waals surface area contributed by atoms with Crippen molar-refractivity contribution in [2.75, 3.05) is 21.0 Å². The number of amides is 1. The minimum absolute atomic E-state index is 0.00290. The molecule has 1 aliphatic heterocycles. The van der Waals surface area contributed by atoms with Crippen LogP contribution in [0, 0.1) is 0 Å². The molecular formula is C23H25NO9. The molecule has 0 bridgehead atoms. The molecule has 33 heavy (non-hydrogen) atoms. The van der Waals surface area contributed by atoms with E-state index in [1.807, 2.05) is 0 Å². The van der Waals surface area contributed by atoms with Gasteiger partial charge in [0, 0.05) is 12.0 Å². The molecule has 0 aromatic heterocycles. The Kier molecular flexibility index (Phi) is 6.57. The first kappa shape index (κ1) is 22.7. The molecule has 2 aromatic carbocycles. The van der Waals surface area contributed by atoms with Gasteiger partial charge in [-0.05, 0) is 36.2 Å². The predicted octanol–water partition coefficient (Wildman–Crippen LogP) is 1.58. The molecule has 10 heteroatoms. The number of esters is 1. The molecule has 2 aliphatic rings. The summed E-state index contributed by atoms with van der Waals surface area (Å²) in [4.78, 5) is 24.9. The Morgan fingerprint density at radius 2 is 1.85 bits per heavy atom. The van der Waals surface area contributed by atoms with Gasteiger partial charge in [-0.1, -0.05) is 18.2 Å². The van der Waals surface area contributed by atoms with Crippen LogP contribution >= 0.6 is 0 Å². The van der Waals surface area contributed by atoms with Crippen molar-refractivity contribution < 1.29 is 43.5 Å². The number of hydrogen-bond donors (Lipinski definition) is 3. The molecule has 0 saturated heterocycles. The van der Waals surface area contributed by atoms with Crippen molar-refractivity contribution in [3.8, 4) is 17.2 Å². The van der Waals surface area contributed by atoms with Crippen LogP contribution in [0.15, 0.2) is 42.5 Å². The minimum atomic E-state index is -1.41. The number of aliphatic hydroxyl groups is 2. The number of benzene rings is 2. The number of carbonyl (C=O) groups excluding carboxylic acids is 2. The maximum Gasteiger partial charge on any atom is 0.407 e. The van der Waals surface area contributed by atoms with E-state index >= 15 is 0 Å². The van der Waals surface area contributed by atoms with Gasteiger partial charge < -0.3 is 39.2 Å². The van der Waals surface area contributed by atoms with Gasteiger partial charge in [-0.3, -0.25) is 0 Å². The summed E-state index contributed by atoms with van der Waals surface area (Å²) in [6, 6.07) is 10.9. The van der Waals surface area contributed by atoms with Crippen molar-refractivity contribution >= 4 is 12.1 Å². The average Bonchev–Trinajstić information content (AvgIpc) is 3.31. The lowest BCUT2D eigenvalue weighted by molar-refractivity contribution is -0.109. The summed E-state index contributed by atoms with van der Waals surface area (Å²) in [5.74, 6) is -0.227. The highest BCUT2D eigenvalue weighted by molar-refractivity contribution is 5.89. The maximum atomic E-state index is 12.8. The molecule has 0 spiro atoms. The summed E-state index contributed by atoms with van der Waals surface area (Å²) in [5, 5.41) is 24.0. The standard InChI is InChI=1S/C23H25NO9/c1-29-16-8-13(9-17-20(16)32-11-31-17)18-14(24-23(28)30-2)10-15(25)19(26)21(18)33-22(27)12-6-4-3-5-7-12/h3-9,14-15,18-19,21,25-26H,10-11H2,1-2H3,(H,24,28)/t14-,15+,18+,19+,21+/m0/s1. The first-order valence-electron chi connectivity index (χ1n) is 10.4. The summed E-state index contributed by atoms with van der Waals surface area (Å²) in [6.45, 7) is 0.0113. The first-order valence-corrected chi connectivity index (χ1v) is 10.4. The number of aliphatic hydroxyl groups excluding tert-OH is 2. The molecule has 1 aliphatic carbocycles. The van der Waals surface area contributed by atoms with E-state index in [0.29, 0.717) is 22.8 Å². The van der Waals surface area contributed by atoms with Crippen molar-refractivity contribution in [1.82, 2.24) is 5.32 Å². The van der Waals surface area contributed by atoms with E-state index < -0.39 is 42.3 Å². The number of methoxy groups -OCH3 is 2. The lowest BCUT2D eigenvalue weighted by Crippen LogP contribution is -2.57. The largest absolute Gasteiger partial charge is 0.493 e. The van der Waals surface area contributed by atoms with Crippen LogP contribution in [-0.4, -0.2) is 67.6 Å². The Labute approximate surface area is 190 Å². The smallest absolute Gasteiger partial charge is 0.407 e. The SMILES string of the molecule is COC(=O)N[C@H]1C[C@@H](O)[C@@H](O)[C@H](OC(=O)c2ccccc2)[C@@H]1c1cc(OC)c2c(c1)OCO2. The lowest BCUT2D eigenvalue weighted by atomic mass is 9.74. The molecule has 176 valence electrons. The number of ether oxygens (including phenoxy) is 5. The molecule has 4 rings (SSSR count). The van der Waals surface area contributed by atoms with Crippen molar-refractivity contribution in [2.24, 2.45) is 0 Å². The highest BCUT2D eigenvalue weighted by Crippen LogP contribution is 2.46. The van der Waals surface area contributed by atoms with Crippen LogP contribution in [0.1, 0.15) is 28.3 Å². The van der Waals surface area contributed by atoms with Crippen LogP contribution in [0.25, 0.3) is 0 Å². The third kappa shape index (κ3) is 4.53. The summed E-state index contributed by atoms with van der Waals surface area (Å²) >= 11 is 0. The molecule has 2 aromatic rings. The Balaban J connectivity index is 1.75. The molecule has 1 heterocycles. The molecule has 1 amide bonds. The van der Waals surface area contributed by atoms with E-state index in [9.17, 15) is 19.8 Å². The number of hydrogen-bond acceptors (Lipinski definition) is 9. The lowest BCUT2D eigenvalue weighted by Gasteiger charge is -2.43. The van der Waals surface area contributed by atoms with E-state index in [0.717, 1.165) is 0 Å². The van der Waals surface area contributed by atoms with E-state index in [1.54, 1.807) is 42.5 Å². The number of alkyl carbamates (subject to hydrolysis) is 1. The van der Waals surface area contributed by atoms with Gasteiger partial charge in [-0.25, -0.2) is 9.59 Å². The molecule has 5 atom stereocenters. The summed E-state index contributed by atoms with van der Waals surface area (Å²) in [5.41, 5.74) is 0.832. The second-order valence-corrected chi connectivity index (χ2v) is 7.75. The zero-order valence-corrected chi connectivity index (χ0v) is 18.1. The third-order valence-electron chi connectivity index (χ3n) is 5.82. The van der Waals surface area contributed by atoms with Crippen LogP contribution in [0.2, 0.25) is 0 Å². The number of rotatable bonds is 5. The van der Waals surface area contributed by atoms with Gasteiger partial charge in [-0.15, -0.1) is 0 Å². The van der Waals surface area contributed by atoms with Gasteiger partial charge in [0.05, 0.1) is 25.9 Å². The first-order chi connectivity index (χ1) is 15.9. The van der Waals surface area contributed by atoms with Crippen LogP contribution < -0.4 is 19.5 Å². The molecule has 3 N–H and O–H groups in total. The summed E-state index contributed by atoms with van der Waals surface area (Å²) in [6.07, 6.45) is -4.59. The molecule has 1 saturated carbocycles. The van der Waals surface area contributed by atoms with Crippen molar-refractivity contribution in [3.63, 3.8) is 0 Å². The number of carbonyl (C=O) groups is 2. The van der Waals surface area contributed by atoms with Gasteiger partial charge in [0.2, 0.25) is 12.5 Å². The topological polar surface area (TPSA) is 133 Å². The molecule has 1 fully saturated rings. The fraction of sp³-hybridized carbons (Fsp3) is 0.391. The van der Waals surface area contributed by atoms with E-state index in [4.69, 9.17) is 23.7 Å². The van der Waals surface area contributed by atoms with Crippen LogP contribution in [0.5, 0.6) is 17.2 Å². The Bertz CT molecular complexity index is 1010. The molecule has 0 unspecified atom stereocenters. The molecule has 0 radical (unpaired) electrons. The second-order valence-electron chi connectivity index (χ2n) is 7.75. The second kappa shape index (κ2) is 9.55. The Morgan fingerprint density at radius 1 is 1.09 bits per heavy atom. The van der Waals surface area contributed by atoms with Gasteiger partial charge in [0.1, 0.15) is 12.2 Å². The van der Waals surface area contributed by atoms with Crippen LogP contribution in [-0.2, 0) is 9.47 Å². The fourth-order valence-corrected chi connectivity index (χ4v) is 4.24. The predicted molar refractivity (Wildman–Crippen MR) is 113 cm³/mol. The van der Waals surface area contributed by atoms with Crippen LogP contribution in [0.3, 0.4) is 0 Å². The number of fused-ring (bicyclic) bond motifs is 1. The molecule has 10 nitrogen and oxygen atoms in total. The highest BCUT2D eigenvalue weighted by Gasteiger charge is 2.48. The van der Waals surface area contributed by atoms with Gasteiger partial charge >= 0.3 is 12.1 Å². The van der Waals surface area contributed by atoms with Gasteiger partial charge in [0.15, 0.2) is 11.5 Å². The number of nitrogens with one attached hydrogen (secondary N) is 1. The summed E-state index contributed by atoms with van der Waals surface area (Å²) in [7, 11) is 2.69. The normalized spacial score (nSPS) is 25.8. The van der Waals surface area contributed by atoms with Crippen molar-refractivity contribution in [2.45, 2.75) is 36.7 Å². The van der Waals surface area contributed by atoms with E-state index in [2.05, 4.69) is 5.32 Å². The Hall–Kier alpha value is -3.50. The zero-order chi connectivity index (χ0) is 23.5. The Morgan fingerprint density at radius 3 is 2.55 bits per heavy atom. The quantitative estimate of drug-likeness (QED) is 0.570. The van der Waals surface area contributed by atoms with Crippen molar-refractivity contribution in [1.29, 1.82) is 0 Å². The monoisotopic (exact) mass is 459 g/mol. The minimum Gasteiger partial charge on any atom is -0.493 e.